The maximum absolute atomic E-state index is 12.8. The lowest BCUT2D eigenvalue weighted by Crippen LogP contribution is -2.39. The number of halogens is 1. The number of aromatic hydroxyl groups is 1. The van der Waals surface area contributed by atoms with Crippen molar-refractivity contribution in [2.75, 3.05) is 52.7 Å². The van der Waals surface area contributed by atoms with E-state index in [1.54, 1.807) is 48.3 Å². The zero-order valence-corrected chi connectivity index (χ0v) is 24.3. The molecule has 41 heavy (non-hydrogen) atoms. The summed E-state index contributed by atoms with van der Waals surface area (Å²) in [5.41, 5.74) is 4.36. The van der Waals surface area contributed by atoms with Crippen LogP contribution in [0.2, 0.25) is 5.02 Å². The van der Waals surface area contributed by atoms with E-state index < -0.39 is 5.97 Å². The number of aromatic nitrogens is 1. The number of aliphatic imine (C=N–C) groups is 1. The Morgan fingerprint density at radius 1 is 0.927 bits per heavy atom. The van der Waals surface area contributed by atoms with Gasteiger partial charge in [-0.05, 0) is 63.1 Å². The highest BCUT2D eigenvalue weighted by atomic mass is 35.5. The molecular weight excluding hydrogens is 542 g/mol. The van der Waals surface area contributed by atoms with Crippen molar-refractivity contribution in [3.8, 4) is 5.88 Å². The maximum Gasteiger partial charge on any atom is 0.307 e. The van der Waals surface area contributed by atoms with Gasteiger partial charge in [-0.25, -0.2) is 4.99 Å². The highest BCUT2D eigenvalue weighted by molar-refractivity contribution is 6.31. The molecular formula is C31H34ClN5O4. The highest BCUT2D eigenvalue weighted by Gasteiger charge is 2.20. The zero-order chi connectivity index (χ0) is 29.7. The van der Waals surface area contributed by atoms with E-state index in [2.05, 4.69) is 9.88 Å². The van der Waals surface area contributed by atoms with Crippen LogP contribution in [-0.2, 0) is 16.0 Å². The van der Waals surface area contributed by atoms with Gasteiger partial charge in [0.25, 0.3) is 0 Å². The summed E-state index contributed by atoms with van der Waals surface area (Å²) < 4.78 is 0. The van der Waals surface area contributed by atoms with Crippen molar-refractivity contribution in [2.24, 2.45) is 4.99 Å². The van der Waals surface area contributed by atoms with E-state index in [9.17, 15) is 14.7 Å². The first-order chi connectivity index (χ1) is 19.5. The van der Waals surface area contributed by atoms with Crippen LogP contribution in [0.15, 0.2) is 71.7 Å². The fraction of sp³-hybridized carbons (Fsp3) is 0.258. The minimum absolute atomic E-state index is 0.0213. The summed E-state index contributed by atoms with van der Waals surface area (Å²) in [5, 5.41) is 21.3. The van der Waals surface area contributed by atoms with Gasteiger partial charge in [0.05, 0.1) is 35.4 Å². The normalized spacial score (nSPS) is 11.9. The van der Waals surface area contributed by atoms with Crippen molar-refractivity contribution in [1.82, 2.24) is 14.8 Å². The molecule has 0 bridgehead atoms. The third-order valence-corrected chi connectivity index (χ3v) is 6.98. The van der Waals surface area contributed by atoms with E-state index >= 15 is 0 Å². The quantitative estimate of drug-likeness (QED) is 0.222. The van der Waals surface area contributed by atoms with Gasteiger partial charge >= 0.3 is 5.97 Å². The van der Waals surface area contributed by atoms with Crippen molar-refractivity contribution in [1.29, 1.82) is 0 Å². The molecule has 1 aromatic heterocycles. The summed E-state index contributed by atoms with van der Waals surface area (Å²) in [4.78, 5) is 37.6. The molecule has 9 nitrogen and oxygen atoms in total. The fourth-order valence-electron chi connectivity index (χ4n) is 4.43. The van der Waals surface area contributed by atoms with Crippen molar-refractivity contribution >= 4 is 51.5 Å². The number of aliphatic carboxylic acids is 1. The molecule has 0 atom stereocenters. The third kappa shape index (κ3) is 7.52. The first-order valence-electron chi connectivity index (χ1n) is 13.1. The minimum atomic E-state index is -0.915. The third-order valence-electron chi connectivity index (χ3n) is 6.75. The summed E-state index contributed by atoms with van der Waals surface area (Å²) in [6, 6.07) is 19.6. The van der Waals surface area contributed by atoms with Crippen LogP contribution in [0, 0.1) is 0 Å². The SMILES string of the molecule is CN(C)CCN(C)CC(=O)N(C)c1ccc(N=C(c2ccc(CC(=O)O)cc2)c2c(O)[nH]c3cc(Cl)ccc23)cc1. The van der Waals surface area contributed by atoms with E-state index in [1.165, 1.54) is 0 Å². The van der Waals surface area contributed by atoms with Crippen LogP contribution < -0.4 is 4.90 Å². The number of carboxylic acid groups (broad SMARTS) is 1. The Hall–Kier alpha value is -4.18. The molecule has 0 aliphatic carbocycles. The number of aromatic amines is 1. The van der Waals surface area contributed by atoms with Crippen molar-refractivity contribution in [3.05, 3.63) is 88.4 Å². The zero-order valence-electron chi connectivity index (χ0n) is 23.6. The Morgan fingerprint density at radius 2 is 1.61 bits per heavy atom. The number of nitrogens with one attached hydrogen (secondary N) is 1. The molecule has 0 saturated carbocycles. The van der Waals surface area contributed by atoms with Gasteiger partial charge in [-0.2, -0.15) is 0 Å². The van der Waals surface area contributed by atoms with Crippen LogP contribution in [-0.4, -0.2) is 90.4 Å². The average molecular weight is 576 g/mol. The van der Waals surface area contributed by atoms with Crippen molar-refractivity contribution in [2.45, 2.75) is 6.42 Å². The number of carboxylic acids is 1. The molecule has 10 heteroatoms. The van der Waals surface area contributed by atoms with Gasteiger partial charge in [-0.15, -0.1) is 0 Å². The topological polar surface area (TPSA) is 112 Å². The molecule has 0 saturated heterocycles. The number of rotatable bonds is 11. The summed E-state index contributed by atoms with van der Waals surface area (Å²) in [5.74, 6) is -0.996. The highest BCUT2D eigenvalue weighted by Crippen LogP contribution is 2.33. The van der Waals surface area contributed by atoms with Crippen molar-refractivity contribution in [3.63, 3.8) is 0 Å². The van der Waals surface area contributed by atoms with E-state index in [0.29, 0.717) is 45.2 Å². The molecule has 0 unspecified atom stereocenters. The Morgan fingerprint density at radius 3 is 2.24 bits per heavy atom. The number of carbonyl (C=O) groups is 2. The first kappa shape index (κ1) is 29.8. The number of H-pyrrole nitrogens is 1. The lowest BCUT2D eigenvalue weighted by molar-refractivity contribution is -0.136. The summed E-state index contributed by atoms with van der Waals surface area (Å²) in [6.45, 7) is 1.95. The predicted molar refractivity (Wildman–Crippen MR) is 164 cm³/mol. The van der Waals surface area contributed by atoms with Gasteiger partial charge in [0, 0.05) is 41.8 Å². The number of carbonyl (C=O) groups excluding carboxylic acids is 1. The molecule has 3 aromatic carbocycles. The van der Waals surface area contributed by atoms with Crippen LogP contribution in [0.4, 0.5) is 11.4 Å². The Labute approximate surface area is 244 Å². The van der Waals surface area contributed by atoms with Gasteiger partial charge in [0.15, 0.2) is 5.88 Å². The first-order valence-corrected chi connectivity index (χ1v) is 13.5. The monoisotopic (exact) mass is 575 g/mol. The molecule has 4 aromatic rings. The number of nitrogens with zero attached hydrogens (tertiary/aromatic N) is 4. The second kappa shape index (κ2) is 13.0. The van der Waals surface area contributed by atoms with E-state index in [0.717, 1.165) is 24.2 Å². The second-order valence-corrected chi connectivity index (χ2v) is 10.7. The van der Waals surface area contributed by atoms with Crippen LogP contribution in [0.5, 0.6) is 5.88 Å². The number of anilines is 1. The maximum atomic E-state index is 12.8. The van der Waals surface area contributed by atoms with Crippen LogP contribution >= 0.6 is 11.6 Å². The van der Waals surface area contributed by atoms with Crippen molar-refractivity contribution < 1.29 is 19.8 Å². The fourth-order valence-corrected chi connectivity index (χ4v) is 4.60. The number of likely N-dealkylation sites (N-methyl/N-ethyl adjacent to an activating group) is 3. The van der Waals surface area contributed by atoms with Crippen LogP contribution in [0.3, 0.4) is 0 Å². The molecule has 0 fully saturated rings. The predicted octanol–water partition coefficient (Wildman–Crippen LogP) is 4.78. The summed E-state index contributed by atoms with van der Waals surface area (Å²) in [7, 11) is 7.68. The number of fused-ring (bicyclic) bond motifs is 1. The Bertz CT molecular complexity index is 1560. The summed E-state index contributed by atoms with van der Waals surface area (Å²) in [6.07, 6.45) is -0.0945. The largest absolute Gasteiger partial charge is 0.494 e. The molecule has 214 valence electrons. The van der Waals surface area contributed by atoms with Gasteiger partial charge in [-0.3, -0.25) is 14.5 Å². The van der Waals surface area contributed by atoms with Gasteiger partial charge in [0.2, 0.25) is 5.91 Å². The van der Waals surface area contributed by atoms with E-state index in [1.807, 2.05) is 56.4 Å². The lowest BCUT2D eigenvalue weighted by atomic mass is 9.99. The molecule has 4 rings (SSSR count). The van der Waals surface area contributed by atoms with Crippen LogP contribution in [0.1, 0.15) is 16.7 Å². The lowest BCUT2D eigenvalue weighted by Gasteiger charge is -2.23. The second-order valence-electron chi connectivity index (χ2n) is 10.3. The van der Waals surface area contributed by atoms with Crippen LogP contribution in [0.25, 0.3) is 10.9 Å². The number of hydrogen-bond donors (Lipinski definition) is 3. The van der Waals surface area contributed by atoms with E-state index in [-0.39, 0.29) is 18.2 Å². The number of amides is 1. The van der Waals surface area contributed by atoms with Gasteiger partial charge in [-0.1, -0.05) is 41.9 Å². The molecule has 0 radical (unpaired) electrons. The molecule has 0 aliphatic heterocycles. The standard InChI is InChI=1S/C31H34ClN5O4/c1-35(2)15-16-36(3)19-27(38)37(4)24-12-10-23(11-13-24)33-30(21-7-5-20(6-8-21)17-28(39)40)29-25-14-9-22(32)18-26(25)34-31(29)41/h5-14,18,34,41H,15-17,19H2,1-4H3,(H,39,40). The number of hydrogen-bond acceptors (Lipinski definition) is 6. The molecule has 1 amide bonds. The molecule has 0 aliphatic rings. The number of benzene rings is 3. The average Bonchev–Trinajstić information content (AvgIpc) is 3.25. The van der Waals surface area contributed by atoms with E-state index in [4.69, 9.17) is 21.7 Å². The molecule has 0 spiro atoms. The Balaban J connectivity index is 1.66. The minimum Gasteiger partial charge on any atom is -0.494 e. The Kier molecular flexibility index (Phi) is 9.44. The molecule has 1 heterocycles. The summed E-state index contributed by atoms with van der Waals surface area (Å²) >= 11 is 6.17. The molecule has 3 N–H and O–H groups in total. The smallest absolute Gasteiger partial charge is 0.307 e. The van der Waals surface area contributed by atoms with Gasteiger partial charge in [0.1, 0.15) is 0 Å². The van der Waals surface area contributed by atoms with Gasteiger partial charge < -0.3 is 25.0 Å².